The molecule has 0 aliphatic heterocycles. The van der Waals surface area contributed by atoms with Crippen LogP contribution in [0.5, 0.6) is 0 Å². The van der Waals surface area contributed by atoms with Gasteiger partial charge in [0.1, 0.15) is 0 Å². The van der Waals surface area contributed by atoms with Crippen molar-refractivity contribution in [2.75, 3.05) is 13.7 Å². The van der Waals surface area contributed by atoms with Crippen LogP contribution in [-0.2, 0) is 4.74 Å². The molecule has 0 spiro atoms. The molecular weight excluding hydrogens is 222 g/mol. The Morgan fingerprint density at radius 1 is 1.11 bits per heavy atom. The molecule has 1 N–H and O–H groups in total. The minimum atomic E-state index is 0.431. The zero-order chi connectivity index (χ0) is 13.0. The molecule has 2 heteroatoms. The van der Waals surface area contributed by atoms with Gasteiger partial charge in [0.15, 0.2) is 0 Å². The summed E-state index contributed by atoms with van der Waals surface area (Å²) >= 11 is 0. The molecule has 2 nitrogen and oxygen atoms in total. The molecule has 0 amide bonds. The van der Waals surface area contributed by atoms with E-state index in [9.17, 15) is 0 Å². The Balaban J connectivity index is 1.80. The number of nitrogens with one attached hydrogen (secondary N) is 1. The highest BCUT2D eigenvalue weighted by Gasteiger charge is 2.35. The van der Waals surface area contributed by atoms with Gasteiger partial charge in [0, 0.05) is 12.6 Å². The van der Waals surface area contributed by atoms with Gasteiger partial charge in [-0.3, -0.25) is 0 Å². The summed E-state index contributed by atoms with van der Waals surface area (Å²) in [6.07, 6.45) is 11.3. The lowest BCUT2D eigenvalue weighted by atomic mass is 9.74. The number of likely N-dealkylation sites (N-methyl/N-ethyl adjacent to an activating group) is 1. The molecule has 0 saturated heterocycles. The fraction of sp³-hybridized carbons (Fsp3) is 1.00. The summed E-state index contributed by atoms with van der Waals surface area (Å²) in [5.41, 5.74) is 0.463. The van der Waals surface area contributed by atoms with Gasteiger partial charge in [0.2, 0.25) is 0 Å². The van der Waals surface area contributed by atoms with Crippen LogP contribution >= 0.6 is 0 Å². The molecule has 2 atom stereocenters. The highest BCUT2D eigenvalue weighted by atomic mass is 16.5. The molecule has 2 aliphatic rings. The van der Waals surface area contributed by atoms with Crippen molar-refractivity contribution in [2.45, 2.75) is 77.4 Å². The van der Waals surface area contributed by atoms with E-state index in [0.29, 0.717) is 17.6 Å². The summed E-state index contributed by atoms with van der Waals surface area (Å²) in [6, 6.07) is 0.571. The number of hydrogen-bond acceptors (Lipinski definition) is 2. The van der Waals surface area contributed by atoms with Crippen LogP contribution in [0.25, 0.3) is 0 Å². The van der Waals surface area contributed by atoms with E-state index in [4.69, 9.17) is 4.74 Å². The first kappa shape index (κ1) is 14.3. The average molecular weight is 253 g/mol. The largest absolute Gasteiger partial charge is 0.376 e. The Morgan fingerprint density at radius 2 is 1.83 bits per heavy atom. The van der Waals surface area contributed by atoms with Gasteiger partial charge in [-0.25, -0.2) is 0 Å². The number of hydrogen-bond donors (Lipinski definition) is 1. The Labute approximate surface area is 113 Å². The van der Waals surface area contributed by atoms with Crippen molar-refractivity contribution in [3.63, 3.8) is 0 Å². The zero-order valence-corrected chi connectivity index (χ0v) is 12.5. The van der Waals surface area contributed by atoms with E-state index < -0.39 is 0 Å². The molecule has 0 aromatic carbocycles. The lowest BCUT2D eigenvalue weighted by Gasteiger charge is -2.41. The normalized spacial score (nSPS) is 33.5. The van der Waals surface area contributed by atoms with Crippen LogP contribution in [-0.4, -0.2) is 25.8 Å². The monoisotopic (exact) mass is 253 g/mol. The summed E-state index contributed by atoms with van der Waals surface area (Å²) in [5, 5.41) is 3.45. The first-order valence-electron chi connectivity index (χ1n) is 7.89. The average Bonchev–Trinajstić information content (AvgIpc) is 2.37. The molecule has 2 rings (SSSR count). The van der Waals surface area contributed by atoms with E-state index in [2.05, 4.69) is 26.2 Å². The molecule has 2 fully saturated rings. The van der Waals surface area contributed by atoms with E-state index in [0.717, 1.165) is 12.5 Å². The molecule has 106 valence electrons. The third kappa shape index (κ3) is 3.96. The van der Waals surface area contributed by atoms with Crippen LogP contribution in [0.1, 0.15) is 65.2 Å². The van der Waals surface area contributed by atoms with Gasteiger partial charge in [-0.15, -0.1) is 0 Å². The van der Waals surface area contributed by atoms with Crippen LogP contribution in [0.4, 0.5) is 0 Å². The Bertz CT molecular complexity index is 245. The first-order valence-corrected chi connectivity index (χ1v) is 7.89. The van der Waals surface area contributed by atoms with Crippen molar-refractivity contribution < 1.29 is 4.74 Å². The highest BCUT2D eigenvalue weighted by Crippen LogP contribution is 2.37. The van der Waals surface area contributed by atoms with Crippen molar-refractivity contribution in [1.29, 1.82) is 0 Å². The van der Waals surface area contributed by atoms with Gasteiger partial charge in [-0.05, 0) is 50.5 Å². The van der Waals surface area contributed by atoms with Crippen molar-refractivity contribution in [3.8, 4) is 0 Å². The first-order chi connectivity index (χ1) is 8.61. The van der Waals surface area contributed by atoms with Gasteiger partial charge >= 0.3 is 0 Å². The van der Waals surface area contributed by atoms with E-state index in [1.165, 1.54) is 51.4 Å². The maximum Gasteiger partial charge on any atom is 0.0733 e. The Kier molecular flexibility index (Phi) is 5.08. The molecule has 2 aliphatic carbocycles. The second kappa shape index (κ2) is 6.38. The van der Waals surface area contributed by atoms with Crippen LogP contribution in [0, 0.1) is 11.3 Å². The van der Waals surface area contributed by atoms with Crippen molar-refractivity contribution in [2.24, 2.45) is 11.3 Å². The van der Waals surface area contributed by atoms with E-state index in [-0.39, 0.29) is 0 Å². The number of ether oxygens (including phenoxy) is 1. The smallest absolute Gasteiger partial charge is 0.0733 e. The minimum Gasteiger partial charge on any atom is -0.376 e. The molecule has 0 radical (unpaired) electrons. The SMILES string of the molecule is CNC1CCC(C)(C)CC1OCC1CCCCC1. The maximum atomic E-state index is 6.30. The second-order valence-electron chi connectivity index (χ2n) is 7.18. The van der Waals surface area contributed by atoms with E-state index in [1.54, 1.807) is 0 Å². The standard InChI is InChI=1S/C16H31NO/c1-16(2)10-9-14(17-3)15(11-16)18-12-13-7-5-4-6-8-13/h13-15,17H,4-12H2,1-3H3. The molecule has 2 saturated carbocycles. The van der Waals surface area contributed by atoms with Gasteiger partial charge in [-0.1, -0.05) is 33.1 Å². The summed E-state index contributed by atoms with van der Waals surface area (Å²) < 4.78 is 6.30. The molecule has 0 heterocycles. The Morgan fingerprint density at radius 3 is 2.50 bits per heavy atom. The molecule has 0 aromatic heterocycles. The van der Waals surface area contributed by atoms with Crippen LogP contribution in [0.3, 0.4) is 0 Å². The topological polar surface area (TPSA) is 21.3 Å². The third-order valence-electron chi connectivity index (χ3n) is 4.98. The van der Waals surface area contributed by atoms with Gasteiger partial charge in [0.25, 0.3) is 0 Å². The summed E-state index contributed by atoms with van der Waals surface area (Å²) in [4.78, 5) is 0. The fourth-order valence-electron chi connectivity index (χ4n) is 3.64. The van der Waals surface area contributed by atoms with Crippen molar-refractivity contribution >= 4 is 0 Å². The summed E-state index contributed by atoms with van der Waals surface area (Å²) in [7, 11) is 2.08. The maximum absolute atomic E-state index is 6.30. The predicted molar refractivity (Wildman–Crippen MR) is 76.8 cm³/mol. The van der Waals surface area contributed by atoms with Gasteiger partial charge < -0.3 is 10.1 Å². The van der Waals surface area contributed by atoms with Crippen LogP contribution in [0.2, 0.25) is 0 Å². The van der Waals surface area contributed by atoms with Gasteiger partial charge in [-0.2, -0.15) is 0 Å². The zero-order valence-electron chi connectivity index (χ0n) is 12.5. The van der Waals surface area contributed by atoms with E-state index in [1.807, 2.05) is 0 Å². The number of rotatable bonds is 4. The van der Waals surface area contributed by atoms with Crippen molar-refractivity contribution in [3.05, 3.63) is 0 Å². The molecular formula is C16H31NO. The van der Waals surface area contributed by atoms with Crippen LogP contribution in [0.15, 0.2) is 0 Å². The quantitative estimate of drug-likeness (QED) is 0.824. The van der Waals surface area contributed by atoms with E-state index >= 15 is 0 Å². The minimum absolute atomic E-state index is 0.431. The molecule has 0 aromatic rings. The lowest BCUT2D eigenvalue weighted by Crippen LogP contribution is -2.46. The summed E-state index contributed by atoms with van der Waals surface area (Å²) in [6.45, 7) is 5.77. The molecule has 0 bridgehead atoms. The second-order valence-corrected chi connectivity index (χ2v) is 7.18. The molecule has 2 unspecified atom stereocenters. The summed E-state index contributed by atoms with van der Waals surface area (Å²) in [5.74, 6) is 0.835. The predicted octanol–water partition coefficient (Wildman–Crippen LogP) is 3.75. The Hall–Kier alpha value is -0.0800. The highest BCUT2D eigenvalue weighted by molar-refractivity contribution is 4.89. The fourth-order valence-corrected chi connectivity index (χ4v) is 3.64. The third-order valence-corrected chi connectivity index (χ3v) is 4.98. The van der Waals surface area contributed by atoms with Gasteiger partial charge in [0.05, 0.1) is 6.10 Å². The van der Waals surface area contributed by atoms with Crippen LogP contribution < -0.4 is 5.32 Å². The van der Waals surface area contributed by atoms with Crippen molar-refractivity contribution in [1.82, 2.24) is 5.32 Å². The lowest BCUT2D eigenvalue weighted by molar-refractivity contribution is -0.0439. The molecule has 18 heavy (non-hydrogen) atoms.